The maximum absolute atomic E-state index is 13.9. The molecule has 17 heavy (non-hydrogen) atoms. The van der Waals surface area contributed by atoms with Crippen LogP contribution in [0.5, 0.6) is 0 Å². The van der Waals surface area contributed by atoms with Gasteiger partial charge in [-0.1, -0.05) is 31.8 Å². The molecule has 94 valence electrons. The van der Waals surface area contributed by atoms with E-state index in [1.54, 1.807) is 19.6 Å². The Morgan fingerprint density at radius 3 is 2.12 bits per heavy atom. The van der Waals surface area contributed by atoms with Crippen LogP contribution in [0.1, 0.15) is 10.4 Å². The normalized spacial score (nSPS) is 12.6. The van der Waals surface area contributed by atoms with E-state index >= 15 is 0 Å². The summed E-state index contributed by atoms with van der Waals surface area (Å²) in [6.45, 7) is 5.40. The molecule has 0 aliphatic carbocycles. The van der Waals surface area contributed by atoms with E-state index in [0.717, 1.165) is 6.07 Å². The molecule has 0 aromatic heterocycles. The molecule has 0 unspecified atom stereocenters. The van der Waals surface area contributed by atoms with Gasteiger partial charge in [0, 0.05) is 0 Å². The summed E-state index contributed by atoms with van der Waals surface area (Å²) in [5.74, 6) is -3.16. The number of alkyl halides is 3. The number of ketones is 1. The fourth-order valence-corrected chi connectivity index (χ4v) is 2.83. The zero-order valence-corrected chi connectivity index (χ0v) is 10.7. The first-order valence-corrected chi connectivity index (χ1v) is 8.45. The molecule has 1 rings (SSSR count). The monoisotopic (exact) mass is 264 g/mol. The Kier molecular flexibility index (Phi) is 3.47. The molecule has 0 amide bonds. The molecule has 0 N–H and O–H groups in total. The lowest BCUT2D eigenvalue weighted by molar-refractivity contribution is -0.0887. The second-order valence-corrected chi connectivity index (χ2v) is 9.78. The van der Waals surface area contributed by atoms with Crippen LogP contribution in [-0.2, 0) is 0 Å². The summed E-state index contributed by atoms with van der Waals surface area (Å²) < 4.78 is 50.6. The summed E-state index contributed by atoms with van der Waals surface area (Å²) in [5.41, 5.74) is -0.891. The maximum atomic E-state index is 13.9. The Morgan fingerprint density at radius 1 is 1.18 bits per heavy atom. The molecule has 1 aromatic carbocycles. The van der Waals surface area contributed by atoms with Crippen molar-refractivity contribution in [2.24, 2.45) is 0 Å². The van der Waals surface area contributed by atoms with E-state index in [-0.39, 0.29) is 5.19 Å². The predicted octanol–water partition coefficient (Wildman–Crippen LogP) is 3.12. The molecule has 0 spiro atoms. The highest BCUT2D eigenvalue weighted by Gasteiger charge is 2.41. The number of rotatable bonds is 2. The van der Waals surface area contributed by atoms with E-state index in [1.165, 1.54) is 12.1 Å². The Balaban J connectivity index is 3.35. The maximum Gasteiger partial charge on any atom is 0.454 e. The van der Waals surface area contributed by atoms with Crippen LogP contribution >= 0.6 is 0 Å². The van der Waals surface area contributed by atoms with Gasteiger partial charge in [0.1, 0.15) is 5.82 Å². The third-order valence-electron chi connectivity index (χ3n) is 2.31. The average molecular weight is 264 g/mol. The first kappa shape index (κ1) is 13.9. The summed E-state index contributed by atoms with van der Waals surface area (Å²) in [6, 6.07) is 3.60. The van der Waals surface area contributed by atoms with E-state index in [4.69, 9.17) is 0 Å². The van der Waals surface area contributed by atoms with Gasteiger partial charge in [-0.05, 0) is 11.3 Å². The summed E-state index contributed by atoms with van der Waals surface area (Å²) in [4.78, 5) is 11.0. The molecule has 0 radical (unpaired) electrons. The smallest absolute Gasteiger partial charge is 0.284 e. The van der Waals surface area contributed by atoms with Crippen LogP contribution in [0, 0.1) is 5.82 Å². The predicted molar refractivity (Wildman–Crippen MR) is 59.8 cm³/mol. The topological polar surface area (TPSA) is 17.1 Å². The lowest BCUT2D eigenvalue weighted by Gasteiger charge is -2.19. The minimum Gasteiger partial charge on any atom is -0.284 e. The Hall–Kier alpha value is -1.17. The molecule has 0 saturated carbocycles. The minimum atomic E-state index is -5.04. The molecule has 6 heteroatoms. The molecule has 0 atom stereocenters. The quantitative estimate of drug-likeness (QED) is 0.455. The Labute approximate surface area is 97.5 Å². The van der Waals surface area contributed by atoms with Gasteiger partial charge in [0.05, 0.1) is 13.6 Å². The summed E-state index contributed by atoms with van der Waals surface area (Å²) in [6.07, 6.45) is -5.04. The van der Waals surface area contributed by atoms with Crippen LogP contribution in [0.3, 0.4) is 0 Å². The van der Waals surface area contributed by atoms with E-state index < -0.39 is 31.4 Å². The molecular weight excluding hydrogens is 252 g/mol. The van der Waals surface area contributed by atoms with Gasteiger partial charge < -0.3 is 0 Å². The van der Waals surface area contributed by atoms with E-state index in [0.29, 0.717) is 0 Å². The lowest BCUT2D eigenvalue weighted by Crippen LogP contribution is -2.41. The van der Waals surface area contributed by atoms with Gasteiger partial charge in [-0.25, -0.2) is 4.39 Å². The number of Topliss-reactive ketones (excluding diaryl/α,β-unsaturated/α-hetero) is 1. The van der Waals surface area contributed by atoms with Gasteiger partial charge in [-0.2, -0.15) is 13.2 Å². The Bertz CT molecular complexity index is 446. The largest absolute Gasteiger partial charge is 0.454 e. The van der Waals surface area contributed by atoms with Crippen LogP contribution in [0.4, 0.5) is 17.6 Å². The third kappa shape index (κ3) is 2.94. The lowest BCUT2D eigenvalue weighted by atomic mass is 10.1. The summed E-state index contributed by atoms with van der Waals surface area (Å²) in [7, 11) is -2.11. The molecule has 0 aliphatic heterocycles. The van der Waals surface area contributed by atoms with Crippen LogP contribution < -0.4 is 5.19 Å². The molecule has 0 aliphatic rings. The fourth-order valence-electron chi connectivity index (χ4n) is 1.44. The van der Waals surface area contributed by atoms with Gasteiger partial charge in [-0.3, -0.25) is 4.79 Å². The van der Waals surface area contributed by atoms with Crippen molar-refractivity contribution < 1.29 is 22.4 Å². The highest BCUT2D eigenvalue weighted by Crippen LogP contribution is 2.23. The van der Waals surface area contributed by atoms with Crippen molar-refractivity contribution in [3.63, 3.8) is 0 Å². The van der Waals surface area contributed by atoms with E-state index in [9.17, 15) is 22.4 Å². The molecule has 0 heterocycles. The second-order valence-electron chi connectivity index (χ2n) is 4.74. The highest BCUT2D eigenvalue weighted by atomic mass is 28.3. The number of halogens is 4. The highest BCUT2D eigenvalue weighted by molar-refractivity contribution is 6.88. The number of hydrogen-bond acceptors (Lipinski definition) is 1. The number of benzene rings is 1. The SMILES string of the molecule is C[Si](C)(C)c1cccc(C(=O)C(F)(F)F)c1F. The zero-order valence-electron chi connectivity index (χ0n) is 9.65. The molecule has 0 fully saturated rings. The first-order chi connectivity index (χ1) is 7.55. The molecular formula is C11H12F4OSi. The van der Waals surface area contributed by atoms with Gasteiger partial charge in [-0.15, -0.1) is 0 Å². The standard InChI is InChI=1S/C11H12F4OSi/c1-17(2,3)8-6-4-5-7(9(8)12)10(16)11(13,14)15/h4-6H,1-3H3. The minimum absolute atomic E-state index is 0.229. The van der Waals surface area contributed by atoms with Crippen molar-refractivity contribution in [2.45, 2.75) is 25.8 Å². The van der Waals surface area contributed by atoms with Crippen molar-refractivity contribution in [2.75, 3.05) is 0 Å². The molecule has 1 aromatic rings. The first-order valence-electron chi connectivity index (χ1n) is 4.95. The van der Waals surface area contributed by atoms with Crippen molar-refractivity contribution in [1.82, 2.24) is 0 Å². The van der Waals surface area contributed by atoms with Gasteiger partial charge >= 0.3 is 6.18 Å². The molecule has 1 nitrogen and oxygen atoms in total. The molecule has 0 bridgehead atoms. The van der Waals surface area contributed by atoms with Crippen LogP contribution in [-0.4, -0.2) is 20.0 Å². The summed E-state index contributed by atoms with van der Waals surface area (Å²) in [5, 5.41) is 0.229. The van der Waals surface area contributed by atoms with Gasteiger partial charge in [0.15, 0.2) is 0 Å². The van der Waals surface area contributed by atoms with E-state index in [2.05, 4.69) is 0 Å². The van der Waals surface area contributed by atoms with Crippen molar-refractivity contribution in [3.05, 3.63) is 29.6 Å². The van der Waals surface area contributed by atoms with Crippen molar-refractivity contribution in [3.8, 4) is 0 Å². The van der Waals surface area contributed by atoms with Crippen molar-refractivity contribution >= 4 is 19.0 Å². The van der Waals surface area contributed by atoms with Gasteiger partial charge in [0.2, 0.25) is 0 Å². The van der Waals surface area contributed by atoms with Crippen LogP contribution in [0.25, 0.3) is 0 Å². The fraction of sp³-hybridized carbons (Fsp3) is 0.364. The van der Waals surface area contributed by atoms with Crippen LogP contribution in [0.2, 0.25) is 19.6 Å². The third-order valence-corrected chi connectivity index (χ3v) is 4.31. The number of carbonyl (C=O) groups excluding carboxylic acids is 1. The zero-order chi connectivity index (χ0) is 13.4. The van der Waals surface area contributed by atoms with E-state index in [1.807, 2.05) is 0 Å². The van der Waals surface area contributed by atoms with Gasteiger partial charge in [0.25, 0.3) is 5.78 Å². The average Bonchev–Trinajstić information content (AvgIpc) is 2.13. The summed E-state index contributed by atoms with van der Waals surface area (Å²) >= 11 is 0. The second kappa shape index (κ2) is 4.25. The number of hydrogen-bond donors (Lipinski definition) is 0. The van der Waals surface area contributed by atoms with Crippen LogP contribution in [0.15, 0.2) is 18.2 Å². The Morgan fingerprint density at radius 2 is 1.71 bits per heavy atom. The molecule has 0 saturated heterocycles. The number of carbonyl (C=O) groups is 1. The van der Waals surface area contributed by atoms with Crippen molar-refractivity contribution in [1.29, 1.82) is 0 Å².